The normalized spacial score (nSPS) is 10.4. The Morgan fingerprint density at radius 3 is 2.53 bits per heavy atom. The van der Waals surface area contributed by atoms with E-state index in [2.05, 4.69) is 11.8 Å². The van der Waals surface area contributed by atoms with E-state index < -0.39 is 6.43 Å². The maximum atomic E-state index is 12.2. The molecule has 0 aliphatic heterocycles. The Morgan fingerprint density at radius 2 is 1.94 bits per heavy atom. The first-order chi connectivity index (χ1) is 8.22. The van der Waals surface area contributed by atoms with Gasteiger partial charge in [0.25, 0.3) is 6.43 Å². The number of benzene rings is 1. The van der Waals surface area contributed by atoms with E-state index in [1.807, 2.05) is 30.3 Å². The van der Waals surface area contributed by atoms with Crippen LogP contribution in [-0.2, 0) is 0 Å². The molecule has 0 atom stereocenters. The monoisotopic (exact) mass is 239 g/mol. The molecular weight excluding hydrogens is 224 g/mol. The molecule has 1 aromatic rings. The van der Waals surface area contributed by atoms with Crippen LogP contribution in [0.2, 0.25) is 0 Å². The summed E-state index contributed by atoms with van der Waals surface area (Å²) >= 11 is 0. The number of hydrogen-bond acceptors (Lipinski definition) is 2. The van der Waals surface area contributed by atoms with E-state index in [0.29, 0.717) is 0 Å². The van der Waals surface area contributed by atoms with Gasteiger partial charge in [0.2, 0.25) is 0 Å². The Kier molecular flexibility index (Phi) is 6.23. The first-order valence-corrected chi connectivity index (χ1v) is 5.37. The third-order valence-electron chi connectivity index (χ3n) is 2.12. The van der Waals surface area contributed by atoms with Crippen LogP contribution in [0.15, 0.2) is 30.3 Å². The van der Waals surface area contributed by atoms with Gasteiger partial charge in [-0.1, -0.05) is 30.0 Å². The van der Waals surface area contributed by atoms with Crippen LogP contribution in [0.25, 0.3) is 0 Å². The van der Waals surface area contributed by atoms with Crippen LogP contribution in [0.5, 0.6) is 0 Å². The van der Waals surface area contributed by atoms with Crippen LogP contribution in [0.3, 0.4) is 0 Å². The van der Waals surface area contributed by atoms with Crippen molar-refractivity contribution in [2.75, 3.05) is 26.2 Å². The lowest BCUT2D eigenvalue weighted by atomic mass is 10.2. The molecule has 0 aliphatic rings. The Hall–Kier alpha value is -1.44. The van der Waals surface area contributed by atoms with Crippen molar-refractivity contribution in [3.8, 4) is 11.8 Å². The fraction of sp³-hybridized carbons (Fsp3) is 0.385. The maximum absolute atomic E-state index is 12.2. The van der Waals surface area contributed by atoms with Crippen LogP contribution in [0.4, 0.5) is 8.78 Å². The van der Waals surface area contributed by atoms with E-state index >= 15 is 0 Å². The van der Waals surface area contributed by atoms with Gasteiger partial charge >= 0.3 is 0 Å². The zero-order chi connectivity index (χ0) is 12.5. The lowest BCUT2D eigenvalue weighted by Crippen LogP contribution is -2.32. The Morgan fingerprint density at radius 1 is 1.24 bits per heavy atom. The summed E-state index contributed by atoms with van der Waals surface area (Å²) in [5, 5.41) is 8.73. The molecule has 17 heavy (non-hydrogen) atoms. The molecule has 0 saturated carbocycles. The Balaban J connectivity index is 2.49. The average Bonchev–Trinajstić information content (AvgIpc) is 2.30. The number of aliphatic hydroxyl groups excluding tert-OH is 1. The van der Waals surface area contributed by atoms with Gasteiger partial charge in [-0.3, -0.25) is 4.90 Å². The van der Waals surface area contributed by atoms with E-state index in [9.17, 15) is 8.78 Å². The third kappa shape index (κ3) is 6.00. The van der Waals surface area contributed by atoms with Gasteiger partial charge in [0.1, 0.15) is 0 Å². The molecule has 0 radical (unpaired) electrons. The van der Waals surface area contributed by atoms with Crippen LogP contribution in [0.1, 0.15) is 5.56 Å². The quantitative estimate of drug-likeness (QED) is 0.789. The average molecular weight is 239 g/mol. The van der Waals surface area contributed by atoms with Crippen LogP contribution < -0.4 is 0 Å². The summed E-state index contributed by atoms with van der Waals surface area (Å²) < 4.78 is 24.4. The summed E-state index contributed by atoms with van der Waals surface area (Å²) in [7, 11) is 0. The summed E-state index contributed by atoms with van der Waals surface area (Å²) in [6, 6.07) is 9.34. The van der Waals surface area contributed by atoms with Gasteiger partial charge < -0.3 is 5.11 Å². The minimum Gasteiger partial charge on any atom is -0.395 e. The maximum Gasteiger partial charge on any atom is 0.251 e. The second-order valence-electron chi connectivity index (χ2n) is 3.52. The molecule has 1 N–H and O–H groups in total. The molecular formula is C13H15F2NO. The van der Waals surface area contributed by atoms with Crippen molar-refractivity contribution in [1.82, 2.24) is 4.90 Å². The number of alkyl halides is 2. The molecule has 2 nitrogen and oxygen atoms in total. The molecule has 1 aromatic carbocycles. The summed E-state index contributed by atoms with van der Waals surface area (Å²) in [4.78, 5) is 1.43. The topological polar surface area (TPSA) is 23.5 Å². The first kappa shape index (κ1) is 13.6. The van der Waals surface area contributed by atoms with Gasteiger partial charge in [-0.15, -0.1) is 0 Å². The number of hydrogen-bond donors (Lipinski definition) is 1. The summed E-state index contributed by atoms with van der Waals surface area (Å²) in [6.07, 6.45) is -2.40. The van der Waals surface area contributed by atoms with Crippen molar-refractivity contribution >= 4 is 0 Å². The zero-order valence-electron chi connectivity index (χ0n) is 9.44. The van der Waals surface area contributed by atoms with Crippen LogP contribution >= 0.6 is 0 Å². The molecule has 0 spiro atoms. The third-order valence-corrected chi connectivity index (χ3v) is 2.12. The van der Waals surface area contributed by atoms with Crippen molar-refractivity contribution in [3.63, 3.8) is 0 Å². The fourth-order valence-electron chi connectivity index (χ4n) is 1.35. The van der Waals surface area contributed by atoms with E-state index in [0.717, 1.165) is 5.56 Å². The number of aliphatic hydroxyl groups is 1. The summed E-state index contributed by atoms with van der Waals surface area (Å²) in [5.74, 6) is 5.71. The van der Waals surface area contributed by atoms with Crippen LogP contribution in [0, 0.1) is 11.8 Å². The van der Waals surface area contributed by atoms with Crippen molar-refractivity contribution in [3.05, 3.63) is 35.9 Å². The molecule has 4 heteroatoms. The van der Waals surface area contributed by atoms with E-state index in [1.54, 1.807) is 0 Å². The highest BCUT2D eigenvalue weighted by Crippen LogP contribution is 1.98. The molecule has 0 aromatic heterocycles. The SMILES string of the molecule is OCCN(CC#Cc1ccccc1)CC(F)F. The number of rotatable bonds is 5. The van der Waals surface area contributed by atoms with E-state index in [1.165, 1.54) is 4.90 Å². The first-order valence-electron chi connectivity index (χ1n) is 5.37. The summed E-state index contributed by atoms with van der Waals surface area (Å²) in [6.45, 7) is -0.0443. The molecule has 0 bridgehead atoms. The molecule has 0 heterocycles. The molecule has 0 amide bonds. The number of halogens is 2. The van der Waals surface area contributed by atoms with Crippen molar-refractivity contribution in [2.45, 2.75) is 6.43 Å². The summed E-state index contributed by atoms with van der Waals surface area (Å²) in [5.41, 5.74) is 0.855. The molecule has 1 rings (SSSR count). The lowest BCUT2D eigenvalue weighted by Gasteiger charge is -2.17. The Labute approximate surface area is 99.9 Å². The highest BCUT2D eigenvalue weighted by atomic mass is 19.3. The molecule has 0 saturated heterocycles. The second-order valence-corrected chi connectivity index (χ2v) is 3.52. The predicted octanol–water partition coefficient (Wildman–Crippen LogP) is 1.60. The minimum atomic E-state index is -2.40. The van der Waals surface area contributed by atoms with Crippen molar-refractivity contribution in [2.24, 2.45) is 0 Å². The van der Waals surface area contributed by atoms with E-state index in [4.69, 9.17) is 5.11 Å². The van der Waals surface area contributed by atoms with Gasteiger partial charge in [-0.25, -0.2) is 8.78 Å². The van der Waals surface area contributed by atoms with Gasteiger partial charge in [-0.05, 0) is 12.1 Å². The standard InChI is InChI=1S/C13H15F2NO/c14-13(15)11-16(9-10-17)8-4-7-12-5-2-1-3-6-12/h1-3,5-6,13,17H,8-11H2. The van der Waals surface area contributed by atoms with Gasteiger partial charge in [0.05, 0.1) is 19.7 Å². The van der Waals surface area contributed by atoms with Crippen molar-refractivity contribution < 1.29 is 13.9 Å². The minimum absolute atomic E-state index is 0.139. The predicted molar refractivity (Wildman–Crippen MR) is 62.8 cm³/mol. The van der Waals surface area contributed by atoms with Gasteiger partial charge in [-0.2, -0.15) is 0 Å². The largest absolute Gasteiger partial charge is 0.395 e. The molecule has 0 fully saturated rings. The van der Waals surface area contributed by atoms with Crippen LogP contribution in [-0.4, -0.2) is 42.7 Å². The smallest absolute Gasteiger partial charge is 0.251 e. The van der Waals surface area contributed by atoms with Crippen molar-refractivity contribution in [1.29, 1.82) is 0 Å². The van der Waals surface area contributed by atoms with E-state index in [-0.39, 0.29) is 26.2 Å². The number of nitrogens with zero attached hydrogens (tertiary/aromatic N) is 1. The van der Waals surface area contributed by atoms with Gasteiger partial charge in [0.15, 0.2) is 0 Å². The van der Waals surface area contributed by atoms with Gasteiger partial charge in [0, 0.05) is 12.1 Å². The highest BCUT2D eigenvalue weighted by molar-refractivity contribution is 5.33. The molecule has 0 unspecified atom stereocenters. The Bertz CT molecular complexity index is 370. The highest BCUT2D eigenvalue weighted by Gasteiger charge is 2.09. The zero-order valence-corrected chi connectivity index (χ0v) is 9.44. The second kappa shape index (κ2) is 7.77. The lowest BCUT2D eigenvalue weighted by molar-refractivity contribution is 0.0854. The molecule has 0 aliphatic carbocycles. The fourth-order valence-corrected chi connectivity index (χ4v) is 1.35. The molecule has 92 valence electrons.